The van der Waals surface area contributed by atoms with Gasteiger partial charge < -0.3 is 4.90 Å². The molecule has 0 N–H and O–H groups in total. The molecule has 16 heavy (non-hydrogen) atoms. The first-order chi connectivity index (χ1) is 7.81. The Kier molecular flexibility index (Phi) is 4.25. The second kappa shape index (κ2) is 5.70. The highest BCUT2D eigenvalue weighted by molar-refractivity contribution is 5.79. The molecule has 0 heterocycles. The predicted octanol–water partition coefficient (Wildman–Crippen LogP) is 3.22. The summed E-state index contributed by atoms with van der Waals surface area (Å²) in [6, 6.07) is 0. The van der Waals surface area contributed by atoms with Gasteiger partial charge in [-0.2, -0.15) is 0 Å². The molecule has 2 fully saturated rings. The quantitative estimate of drug-likeness (QED) is 0.701. The summed E-state index contributed by atoms with van der Waals surface area (Å²) in [5.74, 6) is 1.66. The molecule has 2 aliphatic carbocycles. The van der Waals surface area contributed by atoms with Crippen LogP contribution in [-0.2, 0) is 4.79 Å². The van der Waals surface area contributed by atoms with E-state index in [9.17, 15) is 4.79 Å². The summed E-state index contributed by atoms with van der Waals surface area (Å²) in [5.41, 5.74) is 0. The van der Waals surface area contributed by atoms with Crippen LogP contribution in [0.25, 0.3) is 0 Å². The fraction of sp³-hybridized carbons (Fsp3) is 0.929. The molecular weight excluding hydrogens is 198 g/mol. The van der Waals surface area contributed by atoms with Gasteiger partial charge in [-0.3, -0.25) is 4.79 Å². The molecular formula is C14H25NO. The lowest BCUT2D eigenvalue weighted by molar-refractivity contribution is -0.136. The Bertz CT molecular complexity index is 229. The maximum atomic E-state index is 12.4. The van der Waals surface area contributed by atoms with Crippen LogP contribution in [0.1, 0.15) is 58.3 Å². The Labute approximate surface area is 99.4 Å². The monoisotopic (exact) mass is 223 g/mol. The molecule has 2 nitrogen and oxygen atoms in total. The van der Waals surface area contributed by atoms with Crippen molar-refractivity contribution in [1.29, 1.82) is 0 Å². The molecule has 0 radical (unpaired) electrons. The van der Waals surface area contributed by atoms with Crippen molar-refractivity contribution in [3.63, 3.8) is 0 Å². The first-order valence-electron chi connectivity index (χ1n) is 7.10. The van der Waals surface area contributed by atoms with E-state index < -0.39 is 0 Å². The van der Waals surface area contributed by atoms with Crippen LogP contribution in [0.5, 0.6) is 0 Å². The summed E-state index contributed by atoms with van der Waals surface area (Å²) in [6.45, 7) is 4.20. The summed E-state index contributed by atoms with van der Waals surface area (Å²) in [5, 5.41) is 0. The van der Waals surface area contributed by atoms with Crippen molar-refractivity contribution in [1.82, 2.24) is 4.90 Å². The number of rotatable bonds is 5. The van der Waals surface area contributed by atoms with Crippen molar-refractivity contribution in [2.24, 2.45) is 11.8 Å². The van der Waals surface area contributed by atoms with Crippen molar-refractivity contribution in [3.8, 4) is 0 Å². The number of hydrogen-bond donors (Lipinski definition) is 0. The van der Waals surface area contributed by atoms with Crippen molar-refractivity contribution >= 4 is 5.91 Å². The molecule has 0 atom stereocenters. The molecule has 0 unspecified atom stereocenters. The van der Waals surface area contributed by atoms with E-state index in [1.165, 1.54) is 32.1 Å². The normalized spacial score (nSPS) is 22.1. The minimum Gasteiger partial charge on any atom is -0.342 e. The van der Waals surface area contributed by atoms with Crippen molar-refractivity contribution in [3.05, 3.63) is 0 Å². The van der Waals surface area contributed by atoms with E-state index in [1.54, 1.807) is 0 Å². The van der Waals surface area contributed by atoms with E-state index in [2.05, 4.69) is 11.8 Å². The van der Waals surface area contributed by atoms with Crippen LogP contribution in [0.3, 0.4) is 0 Å². The van der Waals surface area contributed by atoms with Gasteiger partial charge in [0.25, 0.3) is 0 Å². The minimum absolute atomic E-state index is 0.360. The lowest BCUT2D eigenvalue weighted by Gasteiger charge is -2.29. The first kappa shape index (κ1) is 11.9. The van der Waals surface area contributed by atoms with Gasteiger partial charge in [-0.25, -0.2) is 0 Å². The highest BCUT2D eigenvalue weighted by atomic mass is 16.2. The molecule has 2 aliphatic rings. The summed E-state index contributed by atoms with van der Waals surface area (Å²) < 4.78 is 0. The molecule has 92 valence electrons. The third-order valence-electron chi connectivity index (χ3n) is 3.94. The van der Waals surface area contributed by atoms with Gasteiger partial charge in [-0.05, 0) is 38.0 Å². The SMILES string of the molecule is CCCN(CC1CC1)C(=O)C1CCCCC1. The Morgan fingerprint density at radius 3 is 2.38 bits per heavy atom. The molecule has 0 aromatic carbocycles. The Balaban J connectivity index is 1.86. The number of carbonyl (C=O) groups excluding carboxylic acids is 1. The molecule has 0 aromatic heterocycles. The highest BCUT2D eigenvalue weighted by Gasteiger charge is 2.30. The number of carbonyl (C=O) groups is 1. The van der Waals surface area contributed by atoms with E-state index in [-0.39, 0.29) is 0 Å². The molecule has 2 heteroatoms. The molecule has 2 rings (SSSR count). The molecule has 2 saturated carbocycles. The number of hydrogen-bond acceptors (Lipinski definition) is 1. The predicted molar refractivity (Wildman–Crippen MR) is 66.2 cm³/mol. The van der Waals surface area contributed by atoms with Gasteiger partial charge >= 0.3 is 0 Å². The maximum Gasteiger partial charge on any atom is 0.225 e. The zero-order valence-corrected chi connectivity index (χ0v) is 10.6. The lowest BCUT2D eigenvalue weighted by atomic mass is 9.88. The van der Waals surface area contributed by atoms with E-state index in [1.807, 2.05) is 0 Å². The molecule has 0 saturated heterocycles. The Morgan fingerprint density at radius 1 is 1.12 bits per heavy atom. The van der Waals surface area contributed by atoms with Gasteiger partial charge in [0, 0.05) is 19.0 Å². The van der Waals surface area contributed by atoms with Crippen LogP contribution in [0.2, 0.25) is 0 Å². The van der Waals surface area contributed by atoms with Gasteiger partial charge in [0.2, 0.25) is 5.91 Å². The van der Waals surface area contributed by atoms with Crippen molar-refractivity contribution < 1.29 is 4.79 Å². The topological polar surface area (TPSA) is 20.3 Å². The average Bonchev–Trinajstić information content (AvgIpc) is 3.13. The smallest absolute Gasteiger partial charge is 0.225 e. The molecule has 0 aromatic rings. The van der Waals surface area contributed by atoms with E-state index >= 15 is 0 Å². The minimum atomic E-state index is 0.360. The zero-order chi connectivity index (χ0) is 11.4. The maximum absolute atomic E-state index is 12.4. The summed E-state index contributed by atoms with van der Waals surface area (Å²) >= 11 is 0. The van der Waals surface area contributed by atoms with E-state index in [0.717, 1.165) is 38.3 Å². The lowest BCUT2D eigenvalue weighted by Crippen LogP contribution is -2.38. The average molecular weight is 223 g/mol. The summed E-state index contributed by atoms with van der Waals surface area (Å²) in [4.78, 5) is 14.5. The fourth-order valence-electron chi connectivity index (χ4n) is 2.78. The second-order valence-electron chi connectivity index (χ2n) is 5.56. The third kappa shape index (κ3) is 3.23. The summed E-state index contributed by atoms with van der Waals surface area (Å²) in [7, 11) is 0. The standard InChI is InChI=1S/C14H25NO/c1-2-10-15(11-12-8-9-12)14(16)13-6-4-3-5-7-13/h12-13H,2-11H2,1H3. The van der Waals surface area contributed by atoms with Gasteiger partial charge in [-0.15, -0.1) is 0 Å². The van der Waals surface area contributed by atoms with Gasteiger partial charge in [-0.1, -0.05) is 26.2 Å². The molecule has 0 spiro atoms. The van der Waals surface area contributed by atoms with Crippen molar-refractivity contribution in [2.75, 3.05) is 13.1 Å². The number of nitrogens with zero attached hydrogens (tertiary/aromatic N) is 1. The van der Waals surface area contributed by atoms with E-state index in [0.29, 0.717) is 11.8 Å². The zero-order valence-electron chi connectivity index (χ0n) is 10.6. The van der Waals surface area contributed by atoms with Crippen LogP contribution in [0.15, 0.2) is 0 Å². The Morgan fingerprint density at radius 2 is 1.81 bits per heavy atom. The second-order valence-corrected chi connectivity index (χ2v) is 5.56. The van der Waals surface area contributed by atoms with Gasteiger partial charge in [0.1, 0.15) is 0 Å². The highest BCUT2D eigenvalue weighted by Crippen LogP contribution is 2.31. The molecule has 0 aliphatic heterocycles. The first-order valence-corrected chi connectivity index (χ1v) is 7.10. The van der Waals surface area contributed by atoms with Crippen molar-refractivity contribution in [2.45, 2.75) is 58.3 Å². The van der Waals surface area contributed by atoms with Crippen LogP contribution in [0.4, 0.5) is 0 Å². The van der Waals surface area contributed by atoms with Crippen LogP contribution in [0, 0.1) is 11.8 Å². The van der Waals surface area contributed by atoms with Crippen LogP contribution < -0.4 is 0 Å². The summed E-state index contributed by atoms with van der Waals surface area (Å²) in [6.07, 6.45) is 9.94. The van der Waals surface area contributed by atoms with E-state index in [4.69, 9.17) is 0 Å². The Hall–Kier alpha value is -0.530. The van der Waals surface area contributed by atoms with Crippen LogP contribution in [-0.4, -0.2) is 23.9 Å². The largest absolute Gasteiger partial charge is 0.342 e. The van der Waals surface area contributed by atoms with Crippen LogP contribution >= 0.6 is 0 Å². The van der Waals surface area contributed by atoms with Gasteiger partial charge in [0.15, 0.2) is 0 Å². The van der Waals surface area contributed by atoms with Gasteiger partial charge in [0.05, 0.1) is 0 Å². The third-order valence-corrected chi connectivity index (χ3v) is 3.94. The molecule has 0 bridgehead atoms. The molecule has 1 amide bonds. The number of amides is 1. The fourth-order valence-corrected chi connectivity index (χ4v) is 2.78.